The normalized spacial score (nSPS) is 23.4. The number of hydrogen-bond acceptors (Lipinski definition) is 3. The van der Waals surface area contributed by atoms with E-state index < -0.39 is 0 Å². The van der Waals surface area contributed by atoms with Crippen LogP contribution in [0, 0.1) is 5.92 Å². The average Bonchev–Trinajstić information content (AvgIpc) is 2.72. The first kappa shape index (κ1) is 9.46. The third-order valence-electron chi connectivity index (χ3n) is 2.75. The van der Waals surface area contributed by atoms with Gasteiger partial charge in [-0.1, -0.05) is 0 Å². The lowest BCUT2D eigenvalue weighted by molar-refractivity contribution is 0.183. The van der Waals surface area contributed by atoms with E-state index in [0.717, 1.165) is 18.9 Å². The second-order valence-electron chi connectivity index (χ2n) is 3.79. The lowest BCUT2D eigenvalue weighted by Gasteiger charge is -2.20. The van der Waals surface area contributed by atoms with Gasteiger partial charge in [0.1, 0.15) is 0 Å². The molecule has 1 fully saturated rings. The van der Waals surface area contributed by atoms with E-state index in [-0.39, 0.29) is 0 Å². The number of hydrogen-bond donors (Lipinski definition) is 1. The van der Waals surface area contributed by atoms with Crippen molar-refractivity contribution in [3.63, 3.8) is 0 Å². The summed E-state index contributed by atoms with van der Waals surface area (Å²) in [5, 5.41) is 3.46. The predicted molar refractivity (Wildman–Crippen MR) is 56.2 cm³/mol. The standard InChI is InChI=1S/C11H16N2O/c1-9(10-4-7-14-8-10)13-11-2-5-12-6-3-11/h2-3,5-6,9-10H,4,7-8H2,1H3,(H,12,13). The van der Waals surface area contributed by atoms with Gasteiger partial charge in [0, 0.05) is 36.6 Å². The first-order valence-corrected chi connectivity index (χ1v) is 5.10. The molecule has 1 N–H and O–H groups in total. The summed E-state index contributed by atoms with van der Waals surface area (Å²) >= 11 is 0. The first-order chi connectivity index (χ1) is 6.86. The van der Waals surface area contributed by atoms with Gasteiger partial charge in [0.15, 0.2) is 0 Å². The molecule has 2 rings (SSSR count). The van der Waals surface area contributed by atoms with E-state index in [1.54, 1.807) is 12.4 Å². The molecule has 1 aliphatic rings. The average molecular weight is 192 g/mol. The van der Waals surface area contributed by atoms with Crippen molar-refractivity contribution in [2.45, 2.75) is 19.4 Å². The van der Waals surface area contributed by atoms with Gasteiger partial charge in [-0.2, -0.15) is 0 Å². The molecule has 0 aliphatic carbocycles. The molecule has 0 saturated carbocycles. The van der Waals surface area contributed by atoms with Crippen LogP contribution in [-0.2, 0) is 4.74 Å². The number of aromatic nitrogens is 1. The smallest absolute Gasteiger partial charge is 0.0514 e. The minimum Gasteiger partial charge on any atom is -0.382 e. The predicted octanol–water partition coefficient (Wildman–Crippen LogP) is 1.92. The van der Waals surface area contributed by atoms with Crippen LogP contribution in [0.15, 0.2) is 24.5 Å². The van der Waals surface area contributed by atoms with E-state index in [1.807, 2.05) is 12.1 Å². The number of anilines is 1. The number of nitrogens with zero attached hydrogens (tertiary/aromatic N) is 1. The molecule has 2 unspecified atom stereocenters. The van der Waals surface area contributed by atoms with Crippen molar-refractivity contribution < 1.29 is 4.74 Å². The molecule has 1 aromatic heterocycles. The highest BCUT2D eigenvalue weighted by Gasteiger charge is 2.21. The van der Waals surface area contributed by atoms with Crippen LogP contribution < -0.4 is 5.32 Å². The zero-order valence-corrected chi connectivity index (χ0v) is 8.44. The molecule has 0 amide bonds. The van der Waals surface area contributed by atoms with Gasteiger partial charge in [-0.25, -0.2) is 0 Å². The summed E-state index contributed by atoms with van der Waals surface area (Å²) in [6.07, 6.45) is 4.78. The first-order valence-electron chi connectivity index (χ1n) is 5.10. The van der Waals surface area contributed by atoms with Gasteiger partial charge < -0.3 is 10.1 Å². The van der Waals surface area contributed by atoms with E-state index in [2.05, 4.69) is 17.2 Å². The summed E-state index contributed by atoms with van der Waals surface area (Å²) in [6.45, 7) is 4.01. The maximum atomic E-state index is 5.36. The molecule has 2 atom stereocenters. The van der Waals surface area contributed by atoms with Crippen molar-refractivity contribution in [1.82, 2.24) is 4.98 Å². The van der Waals surface area contributed by atoms with E-state index in [9.17, 15) is 0 Å². The molecule has 1 aliphatic heterocycles. The summed E-state index contributed by atoms with van der Waals surface area (Å²) in [5.74, 6) is 0.642. The maximum Gasteiger partial charge on any atom is 0.0514 e. The Morgan fingerprint density at radius 1 is 1.50 bits per heavy atom. The van der Waals surface area contributed by atoms with Gasteiger partial charge in [-0.3, -0.25) is 4.98 Å². The van der Waals surface area contributed by atoms with Gasteiger partial charge in [0.2, 0.25) is 0 Å². The van der Waals surface area contributed by atoms with Gasteiger partial charge in [0.05, 0.1) is 6.61 Å². The lowest BCUT2D eigenvalue weighted by Crippen LogP contribution is -2.25. The fraction of sp³-hybridized carbons (Fsp3) is 0.545. The van der Waals surface area contributed by atoms with Crippen LogP contribution in [0.25, 0.3) is 0 Å². The zero-order valence-electron chi connectivity index (χ0n) is 8.44. The highest BCUT2D eigenvalue weighted by molar-refractivity contribution is 5.41. The Balaban J connectivity index is 1.90. The van der Waals surface area contributed by atoms with E-state index in [1.165, 1.54) is 6.42 Å². The molecule has 76 valence electrons. The van der Waals surface area contributed by atoms with Crippen molar-refractivity contribution in [3.05, 3.63) is 24.5 Å². The monoisotopic (exact) mass is 192 g/mol. The van der Waals surface area contributed by atoms with Crippen molar-refractivity contribution in [3.8, 4) is 0 Å². The minimum absolute atomic E-state index is 0.472. The molecule has 0 radical (unpaired) electrons. The fourth-order valence-electron chi connectivity index (χ4n) is 1.78. The summed E-state index contributed by atoms with van der Waals surface area (Å²) in [5.41, 5.74) is 1.14. The second-order valence-corrected chi connectivity index (χ2v) is 3.79. The van der Waals surface area contributed by atoms with Crippen LogP contribution >= 0.6 is 0 Å². The molecule has 3 heteroatoms. The summed E-state index contributed by atoms with van der Waals surface area (Å²) < 4.78 is 5.36. The molecule has 1 saturated heterocycles. The highest BCUT2D eigenvalue weighted by Crippen LogP contribution is 2.19. The van der Waals surface area contributed by atoms with E-state index >= 15 is 0 Å². The molecule has 2 heterocycles. The molecule has 1 aromatic rings. The Labute approximate surface area is 84.5 Å². The van der Waals surface area contributed by atoms with E-state index in [0.29, 0.717) is 12.0 Å². The Kier molecular flexibility index (Phi) is 2.99. The lowest BCUT2D eigenvalue weighted by atomic mass is 10.0. The SMILES string of the molecule is CC(Nc1ccncc1)C1CCOC1. The molecular weight excluding hydrogens is 176 g/mol. The Morgan fingerprint density at radius 2 is 2.29 bits per heavy atom. The van der Waals surface area contributed by atoms with Crippen LogP contribution in [0.1, 0.15) is 13.3 Å². The molecular formula is C11H16N2O. The number of rotatable bonds is 3. The minimum atomic E-state index is 0.472. The molecule has 3 nitrogen and oxygen atoms in total. The molecule has 0 aromatic carbocycles. The number of ether oxygens (including phenoxy) is 1. The van der Waals surface area contributed by atoms with Crippen molar-refractivity contribution in [2.75, 3.05) is 18.5 Å². The van der Waals surface area contributed by atoms with Crippen LogP contribution in [0.4, 0.5) is 5.69 Å². The zero-order chi connectivity index (χ0) is 9.80. The molecule has 0 spiro atoms. The van der Waals surface area contributed by atoms with Gasteiger partial charge >= 0.3 is 0 Å². The largest absolute Gasteiger partial charge is 0.382 e. The number of pyridine rings is 1. The van der Waals surface area contributed by atoms with Crippen LogP contribution in [0.5, 0.6) is 0 Å². The Hall–Kier alpha value is -1.09. The van der Waals surface area contributed by atoms with Crippen LogP contribution in [0.3, 0.4) is 0 Å². The Morgan fingerprint density at radius 3 is 2.93 bits per heavy atom. The van der Waals surface area contributed by atoms with Gasteiger partial charge in [0.25, 0.3) is 0 Å². The van der Waals surface area contributed by atoms with Crippen LogP contribution in [-0.4, -0.2) is 24.2 Å². The maximum absolute atomic E-state index is 5.36. The van der Waals surface area contributed by atoms with Crippen molar-refractivity contribution in [1.29, 1.82) is 0 Å². The highest BCUT2D eigenvalue weighted by atomic mass is 16.5. The molecule has 0 bridgehead atoms. The number of nitrogens with one attached hydrogen (secondary N) is 1. The van der Waals surface area contributed by atoms with Gasteiger partial charge in [-0.05, 0) is 25.5 Å². The topological polar surface area (TPSA) is 34.2 Å². The summed E-state index contributed by atoms with van der Waals surface area (Å²) in [6, 6.07) is 4.46. The van der Waals surface area contributed by atoms with Crippen LogP contribution in [0.2, 0.25) is 0 Å². The molecule has 14 heavy (non-hydrogen) atoms. The Bertz CT molecular complexity index is 270. The summed E-state index contributed by atoms with van der Waals surface area (Å²) in [4.78, 5) is 3.99. The van der Waals surface area contributed by atoms with Crippen molar-refractivity contribution >= 4 is 5.69 Å². The second kappa shape index (κ2) is 4.42. The third-order valence-corrected chi connectivity index (χ3v) is 2.75. The quantitative estimate of drug-likeness (QED) is 0.794. The third kappa shape index (κ3) is 2.23. The fourth-order valence-corrected chi connectivity index (χ4v) is 1.78. The van der Waals surface area contributed by atoms with Crippen molar-refractivity contribution in [2.24, 2.45) is 5.92 Å². The van der Waals surface area contributed by atoms with Gasteiger partial charge in [-0.15, -0.1) is 0 Å². The van der Waals surface area contributed by atoms with E-state index in [4.69, 9.17) is 4.74 Å². The summed E-state index contributed by atoms with van der Waals surface area (Å²) in [7, 11) is 0.